The molecule has 114 valence electrons. The highest BCUT2D eigenvalue weighted by Gasteiger charge is 2.20. The Labute approximate surface area is 122 Å². The van der Waals surface area contributed by atoms with Gasteiger partial charge in [-0.1, -0.05) is 31.5 Å². The lowest BCUT2D eigenvalue weighted by Gasteiger charge is -2.17. The lowest BCUT2D eigenvalue weighted by Crippen LogP contribution is -2.24. The molecule has 0 aliphatic heterocycles. The number of nitrogens with two attached hydrogens (primary N) is 1. The first kappa shape index (κ1) is 17.0. The second-order valence-corrected chi connectivity index (χ2v) is 7.88. The molecule has 0 fully saturated rings. The summed E-state index contributed by atoms with van der Waals surface area (Å²) in [7, 11) is -1.58. The number of aryl methyl sites for hydroxylation is 1. The molecule has 0 spiro atoms. The minimum absolute atomic E-state index is 0.0421. The number of sulfone groups is 1. The Morgan fingerprint density at radius 1 is 1.30 bits per heavy atom. The number of methoxy groups -OCH3 is 1. The van der Waals surface area contributed by atoms with Crippen molar-refractivity contribution in [2.45, 2.75) is 33.2 Å². The number of hydrogen-bond donors (Lipinski definition) is 1. The van der Waals surface area contributed by atoms with E-state index in [1.807, 2.05) is 39.0 Å². The van der Waals surface area contributed by atoms with E-state index >= 15 is 0 Å². The third-order valence-electron chi connectivity index (χ3n) is 3.22. The van der Waals surface area contributed by atoms with Gasteiger partial charge in [0.05, 0.1) is 18.6 Å². The smallest absolute Gasteiger partial charge is 0.152 e. The lowest BCUT2D eigenvalue weighted by molar-refractivity contribution is 0.407. The summed E-state index contributed by atoms with van der Waals surface area (Å²) in [5.74, 6) is 1.16. The second-order valence-electron chi connectivity index (χ2n) is 5.65. The summed E-state index contributed by atoms with van der Waals surface area (Å²) >= 11 is 0. The van der Waals surface area contributed by atoms with Gasteiger partial charge in [-0.05, 0) is 25.3 Å². The molecule has 0 saturated heterocycles. The van der Waals surface area contributed by atoms with Crippen molar-refractivity contribution < 1.29 is 13.2 Å². The molecule has 0 bridgehead atoms. The third-order valence-corrected chi connectivity index (χ3v) is 4.95. The largest absolute Gasteiger partial charge is 0.496 e. The minimum atomic E-state index is -3.14. The van der Waals surface area contributed by atoms with Gasteiger partial charge in [0.25, 0.3) is 0 Å². The molecule has 1 rings (SSSR count). The molecule has 1 unspecified atom stereocenters. The summed E-state index contributed by atoms with van der Waals surface area (Å²) in [5.41, 5.74) is 7.86. The molecule has 0 heterocycles. The van der Waals surface area contributed by atoms with E-state index in [0.717, 1.165) is 11.1 Å². The summed E-state index contributed by atoms with van der Waals surface area (Å²) in [5, 5.41) is 0. The minimum Gasteiger partial charge on any atom is -0.496 e. The quantitative estimate of drug-likeness (QED) is 0.839. The van der Waals surface area contributed by atoms with E-state index in [4.69, 9.17) is 10.5 Å². The van der Waals surface area contributed by atoms with E-state index in [9.17, 15) is 8.42 Å². The summed E-state index contributed by atoms with van der Waals surface area (Å²) in [6.07, 6.45) is 0.667. The lowest BCUT2D eigenvalue weighted by atomic mass is 10.1. The van der Waals surface area contributed by atoms with Crippen molar-refractivity contribution in [3.05, 3.63) is 29.3 Å². The van der Waals surface area contributed by atoms with Gasteiger partial charge in [0.15, 0.2) is 9.84 Å². The Morgan fingerprint density at radius 3 is 2.50 bits per heavy atom. The molecule has 0 aliphatic rings. The first-order chi connectivity index (χ1) is 9.25. The van der Waals surface area contributed by atoms with E-state index in [0.29, 0.717) is 18.1 Å². The van der Waals surface area contributed by atoms with Crippen molar-refractivity contribution in [2.24, 2.45) is 11.7 Å². The molecule has 4 nitrogen and oxygen atoms in total. The Balaban J connectivity index is 2.85. The first-order valence-corrected chi connectivity index (χ1v) is 8.68. The van der Waals surface area contributed by atoms with Crippen LogP contribution in [0, 0.1) is 12.8 Å². The molecule has 5 heteroatoms. The average Bonchev–Trinajstić information content (AvgIpc) is 2.36. The van der Waals surface area contributed by atoms with Crippen molar-refractivity contribution in [2.75, 3.05) is 18.6 Å². The van der Waals surface area contributed by atoms with Crippen molar-refractivity contribution in [3.63, 3.8) is 0 Å². The molecule has 0 saturated carbocycles. The van der Waals surface area contributed by atoms with Crippen LogP contribution in [-0.2, 0) is 9.84 Å². The van der Waals surface area contributed by atoms with Gasteiger partial charge in [0.1, 0.15) is 5.75 Å². The molecule has 0 radical (unpaired) electrons. The third kappa shape index (κ3) is 5.13. The zero-order valence-electron chi connectivity index (χ0n) is 12.7. The number of rotatable bonds is 7. The summed E-state index contributed by atoms with van der Waals surface area (Å²) in [6, 6.07) is 5.08. The number of hydrogen-bond acceptors (Lipinski definition) is 4. The fourth-order valence-electron chi connectivity index (χ4n) is 2.01. The normalized spacial score (nSPS) is 13.5. The van der Waals surface area contributed by atoms with Gasteiger partial charge in [-0.15, -0.1) is 0 Å². The van der Waals surface area contributed by atoms with E-state index in [1.165, 1.54) is 0 Å². The molecule has 0 amide bonds. The van der Waals surface area contributed by atoms with Gasteiger partial charge in [-0.25, -0.2) is 8.42 Å². The van der Waals surface area contributed by atoms with Gasteiger partial charge in [-0.3, -0.25) is 0 Å². The van der Waals surface area contributed by atoms with E-state index in [-0.39, 0.29) is 11.5 Å². The monoisotopic (exact) mass is 299 g/mol. The predicted molar refractivity (Wildman–Crippen MR) is 82.8 cm³/mol. The second kappa shape index (κ2) is 7.09. The SMILES string of the molecule is COc1ccc(C)cc1C(N)CS(=O)(=O)CCC(C)C. The van der Waals surface area contributed by atoms with Crippen LogP contribution in [0.1, 0.15) is 37.4 Å². The van der Waals surface area contributed by atoms with Crippen molar-refractivity contribution in [1.29, 1.82) is 0 Å². The Hall–Kier alpha value is -1.07. The Bertz CT molecular complexity index is 538. The molecule has 0 aromatic heterocycles. The molecule has 0 aliphatic carbocycles. The molecular weight excluding hydrogens is 274 g/mol. The van der Waals surface area contributed by atoms with E-state index in [1.54, 1.807) is 7.11 Å². The van der Waals surface area contributed by atoms with Crippen LogP contribution in [0.15, 0.2) is 18.2 Å². The molecule has 20 heavy (non-hydrogen) atoms. The maximum atomic E-state index is 12.1. The molecular formula is C15H25NO3S. The average molecular weight is 299 g/mol. The van der Waals surface area contributed by atoms with Crippen LogP contribution in [0.4, 0.5) is 0 Å². The van der Waals surface area contributed by atoms with E-state index in [2.05, 4.69) is 0 Å². The van der Waals surface area contributed by atoms with Crippen LogP contribution >= 0.6 is 0 Å². The Morgan fingerprint density at radius 2 is 1.95 bits per heavy atom. The predicted octanol–water partition coefficient (Wildman–Crippen LogP) is 2.46. The van der Waals surface area contributed by atoms with Crippen LogP contribution in [0.3, 0.4) is 0 Å². The fraction of sp³-hybridized carbons (Fsp3) is 0.600. The first-order valence-electron chi connectivity index (χ1n) is 6.85. The summed E-state index contributed by atoms with van der Waals surface area (Å²) in [6.45, 7) is 5.97. The standard InChI is InChI=1S/C15H25NO3S/c1-11(2)7-8-20(17,18)10-14(16)13-9-12(3)5-6-15(13)19-4/h5-6,9,11,14H,7-8,10,16H2,1-4H3. The van der Waals surface area contributed by atoms with Crippen molar-refractivity contribution >= 4 is 9.84 Å². The molecule has 1 atom stereocenters. The summed E-state index contributed by atoms with van der Waals surface area (Å²) in [4.78, 5) is 0. The van der Waals surface area contributed by atoms with Gasteiger partial charge >= 0.3 is 0 Å². The molecule has 1 aromatic carbocycles. The highest BCUT2D eigenvalue weighted by Crippen LogP contribution is 2.26. The maximum absolute atomic E-state index is 12.1. The van der Waals surface area contributed by atoms with Crippen molar-refractivity contribution in [1.82, 2.24) is 0 Å². The van der Waals surface area contributed by atoms with Gasteiger partial charge < -0.3 is 10.5 Å². The van der Waals surface area contributed by atoms with Crippen LogP contribution in [0.5, 0.6) is 5.75 Å². The van der Waals surface area contributed by atoms with Crippen LogP contribution in [0.25, 0.3) is 0 Å². The zero-order chi connectivity index (χ0) is 15.3. The zero-order valence-corrected chi connectivity index (χ0v) is 13.5. The highest BCUT2D eigenvalue weighted by atomic mass is 32.2. The topological polar surface area (TPSA) is 69.4 Å². The van der Waals surface area contributed by atoms with Gasteiger partial charge in [0.2, 0.25) is 0 Å². The van der Waals surface area contributed by atoms with Crippen LogP contribution in [-0.4, -0.2) is 27.0 Å². The molecule has 1 aromatic rings. The highest BCUT2D eigenvalue weighted by molar-refractivity contribution is 7.91. The fourth-order valence-corrected chi connectivity index (χ4v) is 3.73. The number of ether oxygens (including phenoxy) is 1. The summed E-state index contributed by atoms with van der Waals surface area (Å²) < 4.78 is 29.4. The Kier molecular flexibility index (Phi) is 6.02. The van der Waals surface area contributed by atoms with Crippen molar-refractivity contribution in [3.8, 4) is 5.75 Å². The number of benzene rings is 1. The van der Waals surface area contributed by atoms with Crippen LogP contribution in [0.2, 0.25) is 0 Å². The van der Waals surface area contributed by atoms with Gasteiger partial charge in [0, 0.05) is 11.6 Å². The maximum Gasteiger partial charge on any atom is 0.152 e. The van der Waals surface area contributed by atoms with Gasteiger partial charge in [-0.2, -0.15) is 0 Å². The van der Waals surface area contributed by atoms with Crippen LogP contribution < -0.4 is 10.5 Å². The van der Waals surface area contributed by atoms with E-state index < -0.39 is 15.9 Å². The molecule has 2 N–H and O–H groups in total.